The Labute approximate surface area is 107 Å². The van der Waals surface area contributed by atoms with Gasteiger partial charge in [0.15, 0.2) is 5.82 Å². The largest absolute Gasteiger partial charge is 0.396 e. The van der Waals surface area contributed by atoms with E-state index in [9.17, 15) is 5.11 Å². The van der Waals surface area contributed by atoms with Crippen LogP contribution >= 0.6 is 0 Å². The summed E-state index contributed by atoms with van der Waals surface area (Å²) in [4.78, 5) is 1.88. The third-order valence-electron chi connectivity index (χ3n) is 5.42. The van der Waals surface area contributed by atoms with E-state index in [0.29, 0.717) is 6.61 Å². The first-order valence-electron chi connectivity index (χ1n) is 7.01. The second-order valence-corrected chi connectivity index (χ2v) is 6.97. The Morgan fingerprint density at radius 3 is 2.56 bits per heavy atom. The van der Waals surface area contributed by atoms with Crippen molar-refractivity contribution in [2.45, 2.75) is 51.0 Å². The fourth-order valence-electron chi connectivity index (χ4n) is 5.31. The van der Waals surface area contributed by atoms with Crippen LogP contribution in [0.3, 0.4) is 0 Å². The number of aliphatic hydroxyl groups excluding tert-OH is 1. The summed E-state index contributed by atoms with van der Waals surface area (Å²) in [5.41, 5.74) is 0.194. The lowest BCUT2D eigenvalue weighted by molar-refractivity contribution is -0.130. The van der Waals surface area contributed by atoms with Gasteiger partial charge in [-0.15, -0.1) is 10.2 Å². The quantitative estimate of drug-likeness (QED) is 0.856. The van der Waals surface area contributed by atoms with Crippen LogP contribution in [0.15, 0.2) is 0 Å². The number of aromatic nitrogens is 4. The van der Waals surface area contributed by atoms with Crippen molar-refractivity contribution >= 4 is 0 Å². The van der Waals surface area contributed by atoms with Crippen molar-refractivity contribution in [1.82, 2.24) is 20.2 Å². The second-order valence-electron chi connectivity index (χ2n) is 6.97. The van der Waals surface area contributed by atoms with E-state index in [1.54, 1.807) is 0 Å². The molecule has 1 aromatic heterocycles. The lowest BCUT2D eigenvalue weighted by Gasteiger charge is -2.60. The Balaban J connectivity index is 1.77. The van der Waals surface area contributed by atoms with Gasteiger partial charge in [-0.2, -0.15) is 4.80 Å². The molecule has 4 aliphatic carbocycles. The van der Waals surface area contributed by atoms with E-state index in [4.69, 9.17) is 0 Å². The maximum absolute atomic E-state index is 9.83. The highest BCUT2D eigenvalue weighted by Crippen LogP contribution is 2.63. The molecule has 4 bridgehead atoms. The summed E-state index contributed by atoms with van der Waals surface area (Å²) in [6, 6.07) is 0. The summed E-state index contributed by atoms with van der Waals surface area (Å²) in [7, 11) is 0. The highest BCUT2D eigenvalue weighted by atomic mass is 16.3. The van der Waals surface area contributed by atoms with Crippen LogP contribution in [0.5, 0.6) is 0 Å². The van der Waals surface area contributed by atoms with Gasteiger partial charge in [0.2, 0.25) is 0 Å². The summed E-state index contributed by atoms with van der Waals surface area (Å²) in [6.45, 7) is 2.22. The van der Waals surface area contributed by atoms with E-state index in [-0.39, 0.29) is 11.0 Å². The maximum Gasteiger partial charge on any atom is 0.171 e. The molecule has 2 unspecified atom stereocenters. The fourth-order valence-corrected chi connectivity index (χ4v) is 5.31. The average Bonchev–Trinajstić information content (AvgIpc) is 2.75. The SMILES string of the molecule is Cc1nnn(C23CC4CC(CC(CO)(C4)C2)C3)n1. The van der Waals surface area contributed by atoms with Gasteiger partial charge in [-0.05, 0) is 67.9 Å². The van der Waals surface area contributed by atoms with Crippen LogP contribution in [0.1, 0.15) is 44.3 Å². The average molecular weight is 248 g/mol. The molecule has 1 N–H and O–H groups in total. The molecule has 0 saturated heterocycles. The smallest absolute Gasteiger partial charge is 0.171 e. The Bertz CT molecular complexity index is 469. The summed E-state index contributed by atoms with van der Waals surface area (Å²) >= 11 is 0. The highest BCUT2D eigenvalue weighted by molar-refractivity contribution is 5.09. The normalized spacial score (nSPS) is 45.7. The molecule has 0 radical (unpaired) electrons. The van der Waals surface area contributed by atoms with E-state index in [1.807, 2.05) is 11.7 Å². The molecular weight excluding hydrogens is 228 g/mol. The molecule has 0 spiro atoms. The third kappa shape index (κ3) is 1.34. The van der Waals surface area contributed by atoms with Crippen molar-refractivity contribution in [1.29, 1.82) is 0 Å². The standard InChI is InChI=1S/C13H20N4O/c1-9-14-16-17(15-9)13-5-10-2-11(6-13)4-12(3-10,7-13)8-18/h10-11,18H,2-8H2,1H3. The predicted octanol–water partition coefficient (Wildman–Crippen LogP) is 1.27. The second kappa shape index (κ2) is 3.32. The van der Waals surface area contributed by atoms with Crippen LogP contribution in [0, 0.1) is 24.2 Å². The first-order valence-corrected chi connectivity index (χ1v) is 7.01. The Morgan fingerprint density at radius 2 is 2.00 bits per heavy atom. The van der Waals surface area contributed by atoms with Gasteiger partial charge >= 0.3 is 0 Å². The number of nitrogens with zero attached hydrogens (tertiary/aromatic N) is 4. The van der Waals surface area contributed by atoms with Gasteiger partial charge in [0.1, 0.15) is 0 Å². The lowest BCUT2D eigenvalue weighted by Crippen LogP contribution is -2.58. The topological polar surface area (TPSA) is 63.8 Å². The third-order valence-corrected chi connectivity index (χ3v) is 5.42. The van der Waals surface area contributed by atoms with Gasteiger partial charge in [0.25, 0.3) is 0 Å². The van der Waals surface area contributed by atoms with Gasteiger partial charge in [-0.25, -0.2) is 0 Å². The first-order chi connectivity index (χ1) is 8.63. The number of rotatable bonds is 2. The zero-order valence-corrected chi connectivity index (χ0v) is 10.8. The number of hydrogen-bond acceptors (Lipinski definition) is 4. The molecular formula is C13H20N4O. The fraction of sp³-hybridized carbons (Fsp3) is 0.923. The van der Waals surface area contributed by atoms with Gasteiger partial charge < -0.3 is 5.11 Å². The number of aryl methyl sites for hydroxylation is 1. The molecule has 98 valence electrons. The van der Waals surface area contributed by atoms with Crippen LogP contribution in [0.25, 0.3) is 0 Å². The molecule has 5 heteroatoms. The minimum absolute atomic E-state index is 0.0497. The van der Waals surface area contributed by atoms with Crippen molar-refractivity contribution in [2.75, 3.05) is 6.61 Å². The number of hydrogen-bond donors (Lipinski definition) is 1. The van der Waals surface area contributed by atoms with Crippen LogP contribution in [0.2, 0.25) is 0 Å². The molecule has 18 heavy (non-hydrogen) atoms. The van der Waals surface area contributed by atoms with Gasteiger partial charge in [-0.1, -0.05) is 0 Å². The van der Waals surface area contributed by atoms with Crippen molar-refractivity contribution in [3.63, 3.8) is 0 Å². The molecule has 4 saturated carbocycles. The van der Waals surface area contributed by atoms with Crippen LogP contribution in [-0.2, 0) is 5.54 Å². The van der Waals surface area contributed by atoms with E-state index in [2.05, 4.69) is 15.4 Å². The molecule has 4 aliphatic rings. The van der Waals surface area contributed by atoms with E-state index in [1.165, 1.54) is 32.1 Å². The minimum atomic E-state index is 0.0497. The highest BCUT2D eigenvalue weighted by Gasteiger charge is 2.59. The van der Waals surface area contributed by atoms with Gasteiger partial charge in [0, 0.05) is 6.61 Å². The molecule has 1 heterocycles. The number of tetrazole rings is 1. The van der Waals surface area contributed by atoms with Gasteiger partial charge in [0.05, 0.1) is 5.54 Å². The monoisotopic (exact) mass is 248 g/mol. The van der Waals surface area contributed by atoms with E-state index >= 15 is 0 Å². The lowest BCUT2D eigenvalue weighted by atomic mass is 9.47. The van der Waals surface area contributed by atoms with Crippen LogP contribution in [-0.4, -0.2) is 31.9 Å². The molecule has 0 aromatic carbocycles. The Kier molecular flexibility index (Phi) is 2.01. The summed E-state index contributed by atoms with van der Waals surface area (Å²) in [6.07, 6.45) is 7.16. The summed E-state index contributed by atoms with van der Waals surface area (Å²) in [5, 5.41) is 22.6. The molecule has 4 fully saturated rings. The van der Waals surface area contributed by atoms with E-state index < -0.39 is 0 Å². The van der Waals surface area contributed by atoms with Crippen molar-refractivity contribution in [3.8, 4) is 0 Å². The zero-order chi connectivity index (χ0) is 12.4. The molecule has 0 aliphatic heterocycles. The van der Waals surface area contributed by atoms with Gasteiger partial charge in [-0.3, -0.25) is 0 Å². The molecule has 5 nitrogen and oxygen atoms in total. The Hall–Kier alpha value is -0.970. The van der Waals surface area contributed by atoms with Crippen LogP contribution in [0.4, 0.5) is 0 Å². The molecule has 2 atom stereocenters. The Morgan fingerprint density at radius 1 is 1.28 bits per heavy atom. The minimum Gasteiger partial charge on any atom is -0.396 e. The zero-order valence-electron chi connectivity index (χ0n) is 10.8. The number of aliphatic hydroxyl groups is 1. The summed E-state index contributed by atoms with van der Waals surface area (Å²) in [5.74, 6) is 2.26. The van der Waals surface area contributed by atoms with E-state index in [0.717, 1.165) is 24.1 Å². The van der Waals surface area contributed by atoms with Crippen LogP contribution < -0.4 is 0 Å². The maximum atomic E-state index is 9.83. The molecule has 0 amide bonds. The van der Waals surface area contributed by atoms with Crippen molar-refractivity contribution in [3.05, 3.63) is 5.82 Å². The molecule has 1 aromatic rings. The van der Waals surface area contributed by atoms with Crippen molar-refractivity contribution < 1.29 is 5.11 Å². The van der Waals surface area contributed by atoms with Crippen molar-refractivity contribution in [2.24, 2.45) is 17.3 Å². The first kappa shape index (κ1) is 10.9. The summed E-state index contributed by atoms with van der Waals surface area (Å²) < 4.78 is 0. The molecule has 5 rings (SSSR count). The predicted molar refractivity (Wildman–Crippen MR) is 64.7 cm³/mol.